The fourth-order valence-corrected chi connectivity index (χ4v) is 2.44. The van der Waals surface area contributed by atoms with E-state index in [1.165, 1.54) is 16.7 Å². The van der Waals surface area contributed by atoms with Crippen LogP contribution in [-0.4, -0.2) is 36.4 Å². The summed E-state index contributed by atoms with van der Waals surface area (Å²) in [5, 5.41) is 0.236. The van der Waals surface area contributed by atoms with Crippen LogP contribution in [-0.2, 0) is 10.4 Å². The Kier molecular flexibility index (Phi) is 3.90. The van der Waals surface area contributed by atoms with E-state index in [9.17, 15) is 0 Å². The molecule has 2 aromatic rings. The van der Waals surface area contributed by atoms with Gasteiger partial charge in [-0.05, 0) is 11.6 Å². The minimum atomic E-state index is 0.116. The monoisotopic (exact) mass is 259 g/mol. The Balaban J connectivity index is 2.62. The van der Waals surface area contributed by atoms with Crippen molar-refractivity contribution in [2.75, 3.05) is 0 Å². The van der Waals surface area contributed by atoms with Crippen molar-refractivity contribution in [3.8, 4) is 11.3 Å². The van der Waals surface area contributed by atoms with Gasteiger partial charge in [0.1, 0.15) is 31.4 Å². The van der Waals surface area contributed by atoms with Crippen LogP contribution in [0.4, 0.5) is 0 Å². The quantitative estimate of drug-likeness (QED) is 0.685. The number of aromatic nitrogens is 1. The van der Waals surface area contributed by atoms with Gasteiger partial charge in [0, 0.05) is 11.8 Å². The van der Waals surface area contributed by atoms with E-state index < -0.39 is 0 Å². The van der Waals surface area contributed by atoms with E-state index in [0.29, 0.717) is 0 Å². The Labute approximate surface area is 126 Å². The summed E-state index contributed by atoms with van der Waals surface area (Å²) in [4.78, 5) is 4.69. The molecule has 1 aromatic carbocycles. The largest absolute Gasteiger partial charge is 0.256 e. The maximum Gasteiger partial charge on any atom is 0.104 e. The molecule has 0 aliphatic carbocycles. The summed E-state index contributed by atoms with van der Waals surface area (Å²) in [6.07, 6.45) is 2.06. The second-order valence-electron chi connectivity index (χ2n) is 7.48. The van der Waals surface area contributed by atoms with Crippen molar-refractivity contribution >= 4 is 31.4 Å². The molecule has 2 rings (SSSR count). The molecule has 0 N–H and O–H groups in total. The molecule has 0 aliphatic heterocycles. The lowest BCUT2D eigenvalue weighted by molar-refractivity contribution is 0.869. The van der Waals surface area contributed by atoms with Crippen molar-refractivity contribution in [1.29, 1.82) is 0 Å². The third kappa shape index (κ3) is 3.20. The first-order chi connectivity index (χ1) is 9.19. The molecule has 5 heteroatoms. The first-order valence-corrected chi connectivity index (χ1v) is 7.26. The van der Waals surface area contributed by atoms with Gasteiger partial charge in [0.25, 0.3) is 0 Å². The lowest BCUT2D eigenvalue weighted by atomic mass is 9.46. The number of pyridine rings is 1. The van der Waals surface area contributed by atoms with E-state index in [1.807, 2.05) is 6.07 Å². The van der Waals surface area contributed by atoms with Crippen LogP contribution in [0.2, 0.25) is 0 Å². The van der Waals surface area contributed by atoms with Gasteiger partial charge < -0.3 is 0 Å². The molecule has 0 atom stereocenters. The Hall–Kier alpha value is -1.37. The predicted molar refractivity (Wildman–Crippen MR) is 98.6 cm³/mol. The second-order valence-corrected chi connectivity index (χ2v) is 7.48. The van der Waals surface area contributed by atoms with Crippen molar-refractivity contribution in [2.45, 2.75) is 24.3 Å². The van der Waals surface area contributed by atoms with Crippen LogP contribution in [0.3, 0.4) is 0 Å². The van der Waals surface area contributed by atoms with Gasteiger partial charge in [-0.15, -0.1) is 0 Å². The zero-order chi connectivity index (χ0) is 15.0. The molecule has 0 amide bonds. The normalized spacial score (nSPS) is 12.3. The molecule has 0 fully saturated rings. The van der Waals surface area contributed by atoms with Crippen molar-refractivity contribution in [2.24, 2.45) is 0 Å². The summed E-state index contributed by atoms with van der Waals surface area (Å²) in [7, 11) is 9.04. The molecule has 0 saturated heterocycles. The Morgan fingerprint density at radius 2 is 1.40 bits per heavy atom. The van der Waals surface area contributed by atoms with Gasteiger partial charge in [-0.1, -0.05) is 60.2 Å². The zero-order valence-electron chi connectivity index (χ0n) is 13.5. The Morgan fingerprint density at radius 3 is 1.90 bits per heavy atom. The van der Waals surface area contributed by atoms with Crippen molar-refractivity contribution < 1.29 is 0 Å². The topological polar surface area (TPSA) is 12.9 Å². The van der Waals surface area contributed by atoms with E-state index in [0.717, 1.165) is 5.69 Å². The van der Waals surface area contributed by atoms with Crippen LogP contribution in [0.15, 0.2) is 42.6 Å². The average Bonchev–Trinajstić information content (AvgIpc) is 2.37. The van der Waals surface area contributed by atoms with Crippen LogP contribution in [0.1, 0.15) is 25.0 Å². The minimum absolute atomic E-state index is 0.116. The third-order valence-electron chi connectivity index (χ3n) is 3.59. The van der Waals surface area contributed by atoms with Crippen LogP contribution >= 0.6 is 0 Å². The summed E-state index contributed by atoms with van der Waals surface area (Å²) >= 11 is 0. The molecule has 1 aromatic heterocycles. The molecule has 0 unspecified atom stereocenters. The summed E-state index contributed by atoms with van der Waals surface area (Å²) in [6.45, 7) is 4.52. The smallest absolute Gasteiger partial charge is 0.104 e. The fourth-order valence-electron chi connectivity index (χ4n) is 2.44. The van der Waals surface area contributed by atoms with Crippen LogP contribution in [0.25, 0.3) is 11.3 Å². The molecule has 20 heavy (non-hydrogen) atoms. The first-order valence-electron chi connectivity index (χ1n) is 7.26. The van der Waals surface area contributed by atoms with Crippen LogP contribution in [0.5, 0.6) is 0 Å². The van der Waals surface area contributed by atoms with Gasteiger partial charge in [0.15, 0.2) is 0 Å². The molecular formula is C15H21B4N. The van der Waals surface area contributed by atoms with E-state index in [4.69, 9.17) is 0 Å². The maximum absolute atomic E-state index is 4.69. The highest BCUT2D eigenvalue weighted by atomic mass is 14.7. The van der Waals surface area contributed by atoms with Gasteiger partial charge >= 0.3 is 0 Å². The molecule has 0 saturated carbocycles. The summed E-state index contributed by atoms with van der Waals surface area (Å²) in [5.41, 5.74) is 4.96. The fraction of sp³-hybridized carbons (Fsp3) is 0.267. The van der Waals surface area contributed by atoms with E-state index in [2.05, 4.69) is 86.7 Å². The molecule has 0 aliphatic rings. The van der Waals surface area contributed by atoms with Gasteiger partial charge in [0.05, 0.1) is 5.69 Å². The molecule has 1 heterocycles. The van der Waals surface area contributed by atoms with Gasteiger partial charge in [0.2, 0.25) is 0 Å². The summed E-state index contributed by atoms with van der Waals surface area (Å²) in [6, 6.07) is 12.7. The van der Waals surface area contributed by atoms with E-state index >= 15 is 0 Å². The summed E-state index contributed by atoms with van der Waals surface area (Å²) in [5.74, 6) is 0. The van der Waals surface area contributed by atoms with Crippen LogP contribution in [0, 0.1) is 0 Å². The summed E-state index contributed by atoms with van der Waals surface area (Å²) < 4.78 is 0. The lowest BCUT2D eigenvalue weighted by Crippen LogP contribution is -2.31. The standard InChI is InChI=1S/C15H21B4N/c1-14(16,17)11-8-13(10-6-4-3-5-7-10)20-9-12(11)15(2,18)19/h3-9H,16-19H2,1-2H3. The molecule has 0 spiro atoms. The maximum atomic E-state index is 4.69. The predicted octanol–water partition coefficient (Wildman–Crippen LogP) is -0.374. The SMILES string of the molecule is BC(B)(C)c1cnc(-c2ccccc2)cc1C(B)(B)C. The molecule has 0 radical (unpaired) electrons. The number of hydrogen-bond donors (Lipinski definition) is 0. The number of nitrogens with zero attached hydrogens (tertiary/aromatic N) is 1. The van der Waals surface area contributed by atoms with Crippen molar-refractivity contribution in [3.63, 3.8) is 0 Å². The second kappa shape index (κ2) is 5.20. The Morgan fingerprint density at radius 1 is 0.850 bits per heavy atom. The Bertz CT molecular complexity index is 598. The van der Waals surface area contributed by atoms with Gasteiger partial charge in [-0.25, -0.2) is 0 Å². The van der Waals surface area contributed by atoms with Gasteiger partial charge in [-0.3, -0.25) is 4.98 Å². The lowest BCUT2D eigenvalue weighted by Gasteiger charge is -2.30. The van der Waals surface area contributed by atoms with E-state index in [1.54, 1.807) is 0 Å². The molecule has 1 nitrogen and oxygen atoms in total. The van der Waals surface area contributed by atoms with Crippen molar-refractivity contribution in [3.05, 3.63) is 53.7 Å². The highest BCUT2D eigenvalue weighted by molar-refractivity contribution is 6.42. The average molecular weight is 259 g/mol. The molecule has 98 valence electrons. The highest BCUT2D eigenvalue weighted by Gasteiger charge is 2.25. The highest BCUT2D eigenvalue weighted by Crippen LogP contribution is 2.30. The third-order valence-corrected chi connectivity index (χ3v) is 3.59. The van der Waals surface area contributed by atoms with Crippen LogP contribution < -0.4 is 0 Å². The minimum Gasteiger partial charge on any atom is -0.256 e. The number of hydrogen-bond acceptors (Lipinski definition) is 1. The first kappa shape index (κ1) is 15.0. The van der Waals surface area contributed by atoms with Gasteiger partial charge in [-0.2, -0.15) is 0 Å². The molecular weight excluding hydrogens is 237 g/mol. The van der Waals surface area contributed by atoms with Crippen molar-refractivity contribution in [1.82, 2.24) is 4.98 Å². The molecule has 0 bridgehead atoms. The number of rotatable bonds is 3. The van der Waals surface area contributed by atoms with E-state index in [-0.39, 0.29) is 10.4 Å². The zero-order valence-corrected chi connectivity index (χ0v) is 13.5. The number of benzene rings is 1.